The van der Waals surface area contributed by atoms with Crippen molar-refractivity contribution in [2.45, 2.75) is 33.1 Å². The lowest BCUT2D eigenvalue weighted by atomic mass is 9.80. The lowest BCUT2D eigenvalue weighted by molar-refractivity contribution is 0.655. The summed E-state index contributed by atoms with van der Waals surface area (Å²) in [5.41, 5.74) is 8.26. The first-order valence-electron chi connectivity index (χ1n) is 6.33. The normalized spacial score (nSPS) is 15.4. The molecule has 0 atom stereocenters. The molecular weight excluding hydrogens is 240 g/mol. The van der Waals surface area contributed by atoms with Gasteiger partial charge in [-0.3, -0.25) is 0 Å². The molecular formula is C17H17Cl. The van der Waals surface area contributed by atoms with Crippen molar-refractivity contribution < 1.29 is 0 Å². The van der Waals surface area contributed by atoms with Crippen LogP contribution in [-0.4, -0.2) is 0 Å². The second kappa shape index (κ2) is 3.61. The van der Waals surface area contributed by atoms with Gasteiger partial charge in [-0.2, -0.15) is 0 Å². The highest BCUT2D eigenvalue weighted by Crippen LogP contribution is 2.50. The molecule has 3 rings (SSSR count). The average Bonchev–Trinajstić information content (AvgIpc) is 2.47. The predicted molar refractivity (Wildman–Crippen MR) is 78.5 cm³/mol. The molecule has 0 fully saturated rings. The van der Waals surface area contributed by atoms with Crippen LogP contribution in [-0.2, 0) is 5.41 Å². The van der Waals surface area contributed by atoms with Crippen molar-refractivity contribution in [1.29, 1.82) is 0 Å². The molecule has 2 aromatic rings. The molecule has 0 saturated carbocycles. The number of aryl methyl sites for hydroxylation is 2. The zero-order chi connectivity index (χ0) is 13.1. The quantitative estimate of drug-likeness (QED) is 0.603. The van der Waals surface area contributed by atoms with Crippen LogP contribution in [0.25, 0.3) is 11.1 Å². The van der Waals surface area contributed by atoms with E-state index in [4.69, 9.17) is 11.6 Å². The minimum absolute atomic E-state index is 0.0490. The molecule has 1 heteroatoms. The van der Waals surface area contributed by atoms with Crippen LogP contribution in [0, 0.1) is 13.8 Å². The van der Waals surface area contributed by atoms with Gasteiger partial charge in [0.1, 0.15) is 0 Å². The summed E-state index contributed by atoms with van der Waals surface area (Å²) in [6.45, 7) is 8.95. The first-order valence-corrected chi connectivity index (χ1v) is 6.71. The third-order valence-corrected chi connectivity index (χ3v) is 4.29. The fourth-order valence-electron chi connectivity index (χ4n) is 3.41. The van der Waals surface area contributed by atoms with Crippen LogP contribution in [0.5, 0.6) is 0 Å². The second-order valence-electron chi connectivity index (χ2n) is 5.82. The highest BCUT2D eigenvalue weighted by molar-refractivity contribution is 6.30. The third-order valence-electron chi connectivity index (χ3n) is 4.05. The minimum atomic E-state index is 0.0490. The maximum absolute atomic E-state index is 6.16. The smallest absolute Gasteiger partial charge is 0.0409 e. The largest absolute Gasteiger partial charge is 0.0843 e. The molecule has 0 saturated heterocycles. The Balaban J connectivity index is 2.42. The van der Waals surface area contributed by atoms with E-state index < -0.39 is 0 Å². The number of hydrogen-bond acceptors (Lipinski definition) is 0. The van der Waals surface area contributed by atoms with E-state index in [0.717, 1.165) is 5.02 Å². The van der Waals surface area contributed by atoms with Gasteiger partial charge >= 0.3 is 0 Å². The summed E-state index contributed by atoms with van der Waals surface area (Å²) in [4.78, 5) is 0. The standard InChI is InChI=1S/C17H17Cl/c1-10-7-11(2)16-14(8-10)13-6-5-12(18)9-15(13)17(16,3)4/h5-9H,1-4H3. The van der Waals surface area contributed by atoms with Crippen molar-refractivity contribution >= 4 is 11.6 Å². The summed E-state index contributed by atoms with van der Waals surface area (Å²) in [6.07, 6.45) is 0. The first-order chi connectivity index (χ1) is 8.41. The number of hydrogen-bond donors (Lipinski definition) is 0. The van der Waals surface area contributed by atoms with Crippen LogP contribution < -0.4 is 0 Å². The Morgan fingerprint density at radius 3 is 2.39 bits per heavy atom. The van der Waals surface area contributed by atoms with Crippen LogP contribution in [0.1, 0.15) is 36.1 Å². The molecule has 0 spiro atoms. The van der Waals surface area contributed by atoms with Crippen molar-refractivity contribution in [3.8, 4) is 11.1 Å². The van der Waals surface area contributed by atoms with Gasteiger partial charge in [-0.1, -0.05) is 49.2 Å². The van der Waals surface area contributed by atoms with Crippen molar-refractivity contribution in [2.75, 3.05) is 0 Å². The Hall–Kier alpha value is -1.27. The van der Waals surface area contributed by atoms with E-state index in [1.807, 2.05) is 6.07 Å². The van der Waals surface area contributed by atoms with Crippen LogP contribution >= 0.6 is 11.6 Å². The third kappa shape index (κ3) is 1.45. The molecule has 18 heavy (non-hydrogen) atoms. The van der Waals surface area contributed by atoms with E-state index in [1.54, 1.807) is 0 Å². The topological polar surface area (TPSA) is 0 Å². The molecule has 92 valence electrons. The highest BCUT2D eigenvalue weighted by atomic mass is 35.5. The molecule has 0 unspecified atom stereocenters. The molecule has 0 aromatic heterocycles. The minimum Gasteiger partial charge on any atom is -0.0843 e. The Labute approximate surface area is 114 Å². The number of benzene rings is 2. The number of rotatable bonds is 0. The monoisotopic (exact) mass is 256 g/mol. The molecule has 1 aliphatic rings. The van der Waals surface area contributed by atoms with Crippen LogP contribution in [0.15, 0.2) is 30.3 Å². The van der Waals surface area contributed by atoms with Gasteiger partial charge < -0.3 is 0 Å². The Morgan fingerprint density at radius 1 is 0.944 bits per heavy atom. The van der Waals surface area contributed by atoms with Crippen LogP contribution in [0.3, 0.4) is 0 Å². The van der Waals surface area contributed by atoms with E-state index in [0.29, 0.717) is 0 Å². The van der Waals surface area contributed by atoms with E-state index >= 15 is 0 Å². The molecule has 0 amide bonds. The zero-order valence-electron chi connectivity index (χ0n) is 11.3. The lowest BCUT2D eigenvalue weighted by Gasteiger charge is -2.23. The zero-order valence-corrected chi connectivity index (χ0v) is 12.0. The predicted octanol–water partition coefficient (Wildman–Crippen LogP) is 5.26. The van der Waals surface area contributed by atoms with Gasteiger partial charge in [0.15, 0.2) is 0 Å². The maximum atomic E-state index is 6.16. The Bertz CT molecular complexity index is 651. The van der Waals surface area contributed by atoms with Crippen LogP contribution in [0.4, 0.5) is 0 Å². The number of fused-ring (bicyclic) bond motifs is 3. The summed E-state index contributed by atoms with van der Waals surface area (Å²) >= 11 is 6.16. The van der Waals surface area contributed by atoms with E-state index in [9.17, 15) is 0 Å². The van der Waals surface area contributed by atoms with Crippen molar-refractivity contribution in [2.24, 2.45) is 0 Å². The van der Waals surface area contributed by atoms with Gasteiger partial charge in [-0.25, -0.2) is 0 Å². The van der Waals surface area contributed by atoms with E-state index in [-0.39, 0.29) is 5.41 Å². The molecule has 0 N–H and O–H groups in total. The summed E-state index contributed by atoms with van der Waals surface area (Å²) in [6, 6.07) is 10.8. The van der Waals surface area contributed by atoms with Gasteiger partial charge in [-0.15, -0.1) is 0 Å². The fraction of sp³-hybridized carbons (Fsp3) is 0.294. The molecule has 0 radical (unpaired) electrons. The fourth-order valence-corrected chi connectivity index (χ4v) is 3.58. The van der Waals surface area contributed by atoms with Gasteiger partial charge in [-0.05, 0) is 53.8 Å². The summed E-state index contributed by atoms with van der Waals surface area (Å²) < 4.78 is 0. The second-order valence-corrected chi connectivity index (χ2v) is 6.26. The lowest BCUT2D eigenvalue weighted by Crippen LogP contribution is -2.16. The maximum Gasteiger partial charge on any atom is 0.0409 e. The van der Waals surface area contributed by atoms with Crippen LogP contribution in [0.2, 0.25) is 5.02 Å². The molecule has 2 aromatic carbocycles. The molecule has 1 aliphatic carbocycles. The summed E-state index contributed by atoms with van der Waals surface area (Å²) in [5, 5.41) is 0.823. The summed E-state index contributed by atoms with van der Waals surface area (Å²) in [7, 11) is 0. The highest BCUT2D eigenvalue weighted by Gasteiger charge is 2.36. The van der Waals surface area contributed by atoms with E-state index in [1.165, 1.54) is 33.4 Å². The Morgan fingerprint density at radius 2 is 1.67 bits per heavy atom. The van der Waals surface area contributed by atoms with Crippen molar-refractivity contribution in [3.63, 3.8) is 0 Å². The number of halogens is 1. The van der Waals surface area contributed by atoms with Crippen molar-refractivity contribution in [1.82, 2.24) is 0 Å². The molecule has 0 aliphatic heterocycles. The molecule has 0 bridgehead atoms. The Kier molecular flexibility index (Phi) is 2.37. The average molecular weight is 257 g/mol. The van der Waals surface area contributed by atoms with Crippen molar-refractivity contribution in [3.05, 3.63) is 57.6 Å². The summed E-state index contributed by atoms with van der Waals surface area (Å²) in [5.74, 6) is 0. The van der Waals surface area contributed by atoms with Gasteiger partial charge in [0.2, 0.25) is 0 Å². The van der Waals surface area contributed by atoms with Gasteiger partial charge in [0.25, 0.3) is 0 Å². The van der Waals surface area contributed by atoms with Gasteiger partial charge in [0, 0.05) is 10.4 Å². The van der Waals surface area contributed by atoms with E-state index in [2.05, 4.69) is 52.0 Å². The SMILES string of the molecule is Cc1cc(C)c2c(c1)-c1ccc(Cl)cc1C2(C)C. The molecule has 0 heterocycles. The first kappa shape index (κ1) is 11.8. The molecule has 0 nitrogen and oxygen atoms in total. The van der Waals surface area contributed by atoms with Gasteiger partial charge in [0.05, 0.1) is 0 Å².